The minimum absolute atomic E-state index is 0.0893. The Morgan fingerprint density at radius 1 is 1.28 bits per heavy atom. The third-order valence-corrected chi connectivity index (χ3v) is 5.44. The largest absolute Gasteiger partial charge is 0.479 e. The molecule has 2 N–H and O–H groups in total. The molecule has 2 rings (SSSR count). The highest BCUT2D eigenvalue weighted by Crippen LogP contribution is 2.56. The lowest BCUT2D eigenvalue weighted by Gasteiger charge is -2.30. The van der Waals surface area contributed by atoms with Crippen molar-refractivity contribution in [3.05, 3.63) is 9.81 Å². The summed E-state index contributed by atoms with van der Waals surface area (Å²) in [5.41, 5.74) is -0.226. The third kappa shape index (κ3) is 2.32. The third-order valence-electron chi connectivity index (χ3n) is 4.87. The Balaban J connectivity index is 2.28. The van der Waals surface area contributed by atoms with E-state index < -0.39 is 11.6 Å². The first-order valence-corrected chi connectivity index (χ1v) is 7.25. The highest BCUT2D eigenvalue weighted by atomic mass is 32.2. The van der Waals surface area contributed by atoms with Gasteiger partial charge in [-0.25, -0.2) is 4.79 Å². The van der Waals surface area contributed by atoms with E-state index in [4.69, 9.17) is 5.11 Å². The zero-order valence-corrected chi connectivity index (χ0v) is 12.3. The second-order valence-electron chi connectivity index (χ2n) is 5.93. The summed E-state index contributed by atoms with van der Waals surface area (Å²) in [6.45, 7) is 2.20. The predicted octanol–water partition coefficient (Wildman–Crippen LogP) is 2.86. The molecule has 3 atom stereocenters. The van der Waals surface area contributed by atoms with Gasteiger partial charge in [-0.1, -0.05) is 6.92 Å². The zero-order chi connectivity index (χ0) is 13.6. The molecule has 3 nitrogen and oxygen atoms in total. The Hall–Kier alpha value is -0.130. The zero-order valence-electron chi connectivity index (χ0n) is 10.5. The summed E-state index contributed by atoms with van der Waals surface area (Å²) in [4.78, 5) is 11.2. The van der Waals surface area contributed by atoms with Crippen LogP contribution in [0.2, 0.25) is 0 Å². The Kier molecular flexibility index (Phi) is 3.78. The van der Waals surface area contributed by atoms with Crippen LogP contribution in [0.3, 0.4) is 0 Å². The van der Waals surface area contributed by atoms with Crippen LogP contribution in [0.15, 0.2) is 9.81 Å². The molecule has 0 radical (unpaired) electrons. The molecule has 0 spiro atoms. The maximum Gasteiger partial charge on any atom is 0.335 e. The van der Waals surface area contributed by atoms with Crippen LogP contribution in [0.25, 0.3) is 0 Å². The molecular weight excluding hydrogens is 268 g/mol. The lowest BCUT2D eigenvalue weighted by molar-refractivity contribution is -0.160. The van der Waals surface area contributed by atoms with Gasteiger partial charge < -0.3 is 10.2 Å². The van der Waals surface area contributed by atoms with E-state index in [1.165, 1.54) is 5.57 Å². The fourth-order valence-electron chi connectivity index (χ4n) is 3.49. The van der Waals surface area contributed by atoms with Crippen molar-refractivity contribution < 1.29 is 15.0 Å². The minimum Gasteiger partial charge on any atom is -0.479 e. The van der Waals surface area contributed by atoms with Crippen LogP contribution in [-0.4, -0.2) is 21.8 Å². The van der Waals surface area contributed by atoms with Crippen molar-refractivity contribution in [2.45, 2.75) is 51.0 Å². The molecular formula is C13H20O3S2. The number of thiol groups is 2. The summed E-state index contributed by atoms with van der Waals surface area (Å²) in [6, 6.07) is 0. The number of aliphatic carboxylic acids is 1. The van der Waals surface area contributed by atoms with Gasteiger partial charge in [0.15, 0.2) is 5.60 Å². The minimum atomic E-state index is -1.55. The Morgan fingerprint density at radius 3 is 2.50 bits per heavy atom. The summed E-state index contributed by atoms with van der Waals surface area (Å²) in [7, 11) is 0. The first-order valence-electron chi connectivity index (χ1n) is 6.35. The highest BCUT2D eigenvalue weighted by Gasteiger charge is 2.49. The first-order chi connectivity index (χ1) is 8.28. The van der Waals surface area contributed by atoms with Gasteiger partial charge in [0.1, 0.15) is 0 Å². The van der Waals surface area contributed by atoms with Gasteiger partial charge in [-0.05, 0) is 55.4 Å². The van der Waals surface area contributed by atoms with Crippen LogP contribution in [0.1, 0.15) is 45.4 Å². The van der Waals surface area contributed by atoms with Crippen molar-refractivity contribution >= 4 is 31.2 Å². The molecule has 2 unspecified atom stereocenters. The molecule has 0 aromatic carbocycles. The van der Waals surface area contributed by atoms with Gasteiger partial charge in [0, 0.05) is 4.24 Å². The van der Waals surface area contributed by atoms with Gasteiger partial charge in [0.2, 0.25) is 0 Å². The van der Waals surface area contributed by atoms with Gasteiger partial charge in [0.25, 0.3) is 0 Å². The van der Waals surface area contributed by atoms with Crippen LogP contribution in [0.4, 0.5) is 0 Å². The lowest BCUT2D eigenvalue weighted by atomic mass is 9.75. The molecule has 2 aliphatic carbocycles. The van der Waals surface area contributed by atoms with Gasteiger partial charge in [-0.15, -0.1) is 25.3 Å². The number of carbonyl (C=O) groups is 1. The molecule has 0 heterocycles. The molecule has 0 aliphatic heterocycles. The lowest BCUT2D eigenvalue weighted by Crippen LogP contribution is -2.38. The quantitative estimate of drug-likeness (QED) is 0.561. The highest BCUT2D eigenvalue weighted by molar-refractivity contribution is 8.05. The number of aliphatic hydroxyl groups is 1. The van der Waals surface area contributed by atoms with Crippen LogP contribution in [-0.2, 0) is 4.79 Å². The van der Waals surface area contributed by atoms with E-state index in [-0.39, 0.29) is 5.41 Å². The number of carboxylic acids is 1. The van der Waals surface area contributed by atoms with Crippen molar-refractivity contribution in [1.82, 2.24) is 0 Å². The van der Waals surface area contributed by atoms with Crippen LogP contribution < -0.4 is 0 Å². The molecule has 0 aromatic heterocycles. The van der Waals surface area contributed by atoms with E-state index in [0.29, 0.717) is 25.2 Å². The Bertz CT molecular complexity index is 403. The summed E-state index contributed by atoms with van der Waals surface area (Å²) in [6.07, 6.45) is 4.15. The van der Waals surface area contributed by atoms with Gasteiger partial charge in [-0.3, -0.25) is 0 Å². The van der Waals surface area contributed by atoms with Crippen LogP contribution in [0, 0.1) is 11.3 Å². The van der Waals surface area contributed by atoms with E-state index in [1.54, 1.807) is 0 Å². The van der Waals surface area contributed by atoms with E-state index in [9.17, 15) is 9.90 Å². The second-order valence-corrected chi connectivity index (χ2v) is 7.18. The number of fused-ring (bicyclic) bond motifs is 1. The summed E-state index contributed by atoms with van der Waals surface area (Å²) >= 11 is 8.66. The molecule has 2 aliphatic rings. The van der Waals surface area contributed by atoms with Crippen molar-refractivity contribution in [1.29, 1.82) is 0 Å². The van der Waals surface area contributed by atoms with Crippen molar-refractivity contribution in [3.8, 4) is 0 Å². The Morgan fingerprint density at radius 2 is 1.94 bits per heavy atom. The number of hydrogen-bond acceptors (Lipinski definition) is 4. The number of allylic oxidation sites excluding steroid dienone is 1. The summed E-state index contributed by atoms with van der Waals surface area (Å²) in [5.74, 6) is -0.774. The first kappa shape index (κ1) is 14.3. The second kappa shape index (κ2) is 4.76. The fraction of sp³-hybridized carbons (Fsp3) is 0.769. The summed E-state index contributed by atoms with van der Waals surface area (Å²) < 4.78 is 0.768. The predicted molar refractivity (Wildman–Crippen MR) is 76.9 cm³/mol. The smallest absolute Gasteiger partial charge is 0.335 e. The normalized spacial score (nSPS) is 40.2. The van der Waals surface area contributed by atoms with Crippen molar-refractivity contribution in [2.75, 3.05) is 0 Å². The van der Waals surface area contributed by atoms with Crippen molar-refractivity contribution in [3.63, 3.8) is 0 Å². The monoisotopic (exact) mass is 288 g/mol. The molecule has 0 aromatic rings. The topological polar surface area (TPSA) is 57.5 Å². The SMILES string of the molecule is CC12CCC(=C(S)S)C1CC[C@](O)(C(=O)O)CC2. The van der Waals surface area contributed by atoms with Crippen LogP contribution >= 0.6 is 25.3 Å². The molecule has 0 amide bonds. The van der Waals surface area contributed by atoms with E-state index >= 15 is 0 Å². The fourth-order valence-corrected chi connectivity index (χ4v) is 4.03. The molecule has 0 saturated heterocycles. The van der Waals surface area contributed by atoms with E-state index in [1.807, 2.05) is 0 Å². The average molecular weight is 288 g/mol. The number of rotatable bonds is 1. The molecule has 0 bridgehead atoms. The average Bonchev–Trinajstić information content (AvgIpc) is 2.55. The van der Waals surface area contributed by atoms with Gasteiger partial charge in [-0.2, -0.15) is 0 Å². The Labute approximate surface area is 118 Å². The molecule has 18 heavy (non-hydrogen) atoms. The van der Waals surface area contributed by atoms with Crippen LogP contribution in [0.5, 0.6) is 0 Å². The maximum absolute atomic E-state index is 11.2. The van der Waals surface area contributed by atoms with Gasteiger partial charge in [0.05, 0.1) is 0 Å². The standard InChI is InChI=1S/C13H20O3S2/c1-12-4-2-8(10(17)18)9(12)3-5-13(16,7-6-12)11(14)15/h9,16-18H,2-7H2,1H3,(H,14,15)/t9?,12?,13-/m1/s1. The molecule has 2 saturated carbocycles. The molecule has 102 valence electrons. The number of carboxylic acid groups (broad SMARTS) is 1. The van der Waals surface area contributed by atoms with E-state index in [0.717, 1.165) is 23.5 Å². The van der Waals surface area contributed by atoms with Crippen molar-refractivity contribution in [2.24, 2.45) is 11.3 Å². The number of hydrogen-bond donors (Lipinski definition) is 4. The molecule has 5 heteroatoms. The van der Waals surface area contributed by atoms with Gasteiger partial charge >= 0.3 is 5.97 Å². The maximum atomic E-state index is 11.2. The summed E-state index contributed by atoms with van der Waals surface area (Å²) in [5, 5.41) is 19.3. The molecule has 2 fully saturated rings. The van der Waals surface area contributed by atoms with E-state index in [2.05, 4.69) is 32.2 Å².